The number of hydrogen-bond acceptors (Lipinski definition) is 4. The van der Waals surface area contributed by atoms with E-state index in [9.17, 15) is 14.4 Å². The number of para-hydroxylation sites is 1. The van der Waals surface area contributed by atoms with Crippen LogP contribution in [0.2, 0.25) is 0 Å². The molecule has 0 spiro atoms. The molecule has 4 aromatic carbocycles. The van der Waals surface area contributed by atoms with Crippen LogP contribution in [0.1, 0.15) is 45.6 Å². The minimum absolute atomic E-state index is 0.0747. The number of carbonyl (C=O) groups is 3. The Bertz CT molecular complexity index is 1880. The number of ether oxygens (including phenoxy) is 1. The zero-order valence-electron chi connectivity index (χ0n) is 25.1. The monoisotopic (exact) mass is 586 g/mol. The van der Waals surface area contributed by atoms with Crippen molar-refractivity contribution in [2.45, 2.75) is 32.4 Å². The summed E-state index contributed by atoms with van der Waals surface area (Å²) in [5.41, 5.74) is 12.4. The van der Waals surface area contributed by atoms with Crippen LogP contribution in [-0.2, 0) is 23.1 Å². The highest BCUT2D eigenvalue weighted by Gasteiger charge is 2.44. The molecule has 0 saturated carbocycles. The Kier molecular flexibility index (Phi) is 7.66. The first-order valence-electron chi connectivity index (χ1n) is 14.6. The van der Waals surface area contributed by atoms with Crippen molar-refractivity contribution < 1.29 is 19.1 Å². The topological polar surface area (TPSA) is 92.7 Å². The number of nitrogens with one attached hydrogen (secondary N) is 2. The van der Waals surface area contributed by atoms with E-state index in [1.54, 1.807) is 43.2 Å². The van der Waals surface area contributed by atoms with Gasteiger partial charge in [-0.1, -0.05) is 78.4 Å². The van der Waals surface area contributed by atoms with Crippen LogP contribution in [0.4, 0.5) is 0 Å². The molecular formula is C36H34N4O4. The fourth-order valence-corrected chi connectivity index (χ4v) is 6.13. The molecule has 6 rings (SSSR count). The Morgan fingerprint density at radius 1 is 0.886 bits per heavy atom. The predicted molar refractivity (Wildman–Crippen MR) is 170 cm³/mol. The number of fused-ring (bicyclic) bond motifs is 2. The van der Waals surface area contributed by atoms with E-state index in [0.29, 0.717) is 11.3 Å². The molecule has 1 aliphatic rings. The maximum absolute atomic E-state index is 14.0. The van der Waals surface area contributed by atoms with Crippen LogP contribution in [0, 0.1) is 6.92 Å². The summed E-state index contributed by atoms with van der Waals surface area (Å²) in [6.07, 6.45) is 0.0747. The van der Waals surface area contributed by atoms with E-state index >= 15 is 0 Å². The maximum atomic E-state index is 14.0. The largest absolute Gasteiger partial charge is 0.497 e. The second-order valence-electron chi connectivity index (χ2n) is 11.1. The molecule has 2 unspecified atom stereocenters. The quantitative estimate of drug-likeness (QED) is 0.247. The van der Waals surface area contributed by atoms with E-state index in [1.165, 1.54) is 0 Å². The van der Waals surface area contributed by atoms with Gasteiger partial charge in [-0.3, -0.25) is 25.2 Å². The minimum atomic E-state index is -0.897. The molecule has 0 radical (unpaired) electrons. The van der Waals surface area contributed by atoms with Gasteiger partial charge in [-0.25, -0.2) is 0 Å². The standard InChI is InChI=1S/C36H34N4O4/c1-22-13-17-25(18-14-22)33-32(29-11-7-8-12-30(29)39(33)3)34-27-9-5-6-10-28(27)36(43)40(34)23(2)35(42)38-37-31(41)21-24-15-19-26(44-4)20-16-24/h5-20,23,34H,21H2,1-4H3,(H,37,41)(H,38,42). The molecule has 0 fully saturated rings. The van der Waals surface area contributed by atoms with Gasteiger partial charge >= 0.3 is 0 Å². The molecular weight excluding hydrogens is 552 g/mol. The van der Waals surface area contributed by atoms with Gasteiger partial charge in [0.05, 0.1) is 25.3 Å². The lowest BCUT2D eigenvalue weighted by Gasteiger charge is -2.31. The summed E-state index contributed by atoms with van der Waals surface area (Å²) >= 11 is 0. The van der Waals surface area contributed by atoms with Crippen molar-refractivity contribution in [3.63, 3.8) is 0 Å². The fraction of sp³-hybridized carbons (Fsp3) is 0.194. The van der Waals surface area contributed by atoms with Crippen molar-refractivity contribution in [2.75, 3.05) is 7.11 Å². The Labute approximate surface area is 256 Å². The highest BCUT2D eigenvalue weighted by molar-refractivity contribution is 6.04. The molecule has 2 N–H and O–H groups in total. The van der Waals surface area contributed by atoms with Crippen LogP contribution in [0.15, 0.2) is 97.1 Å². The summed E-state index contributed by atoms with van der Waals surface area (Å²) < 4.78 is 7.33. The van der Waals surface area contributed by atoms with Gasteiger partial charge in [0.2, 0.25) is 5.91 Å². The summed E-state index contributed by atoms with van der Waals surface area (Å²) in [7, 11) is 3.61. The number of methoxy groups -OCH3 is 1. The lowest BCUT2D eigenvalue weighted by molar-refractivity contribution is -0.131. The highest BCUT2D eigenvalue weighted by atomic mass is 16.5. The SMILES string of the molecule is COc1ccc(CC(=O)NNC(=O)C(C)N2C(=O)c3ccccc3C2c2c(-c3ccc(C)cc3)n(C)c3ccccc23)cc1. The van der Waals surface area contributed by atoms with Crippen molar-refractivity contribution >= 4 is 28.6 Å². The van der Waals surface area contributed by atoms with Gasteiger partial charge in [0.15, 0.2) is 0 Å². The normalized spacial score (nSPS) is 14.8. The van der Waals surface area contributed by atoms with Gasteiger partial charge in [-0.05, 0) is 54.8 Å². The lowest BCUT2D eigenvalue weighted by Crippen LogP contribution is -2.52. The van der Waals surface area contributed by atoms with Gasteiger partial charge in [-0.15, -0.1) is 0 Å². The first kappa shape index (κ1) is 28.7. The first-order valence-corrected chi connectivity index (χ1v) is 14.6. The van der Waals surface area contributed by atoms with Crippen LogP contribution in [0.5, 0.6) is 5.75 Å². The van der Waals surface area contributed by atoms with Crippen LogP contribution < -0.4 is 15.6 Å². The lowest BCUT2D eigenvalue weighted by atomic mass is 9.92. The maximum Gasteiger partial charge on any atom is 0.260 e. The van der Waals surface area contributed by atoms with Crippen LogP contribution in [-0.4, -0.2) is 40.3 Å². The molecule has 0 saturated heterocycles. The second-order valence-corrected chi connectivity index (χ2v) is 11.1. The highest BCUT2D eigenvalue weighted by Crippen LogP contribution is 2.47. The Morgan fingerprint density at radius 2 is 1.57 bits per heavy atom. The molecule has 44 heavy (non-hydrogen) atoms. The van der Waals surface area contributed by atoms with Crippen molar-refractivity contribution in [1.82, 2.24) is 20.3 Å². The Balaban J connectivity index is 1.35. The summed E-state index contributed by atoms with van der Waals surface area (Å²) in [6, 6.07) is 29.7. The van der Waals surface area contributed by atoms with Gasteiger partial charge in [0.1, 0.15) is 11.8 Å². The molecule has 2 atom stereocenters. The zero-order chi connectivity index (χ0) is 31.0. The second kappa shape index (κ2) is 11.7. The van der Waals surface area contributed by atoms with Crippen molar-refractivity contribution in [1.29, 1.82) is 0 Å². The van der Waals surface area contributed by atoms with E-state index in [2.05, 4.69) is 58.7 Å². The van der Waals surface area contributed by atoms with E-state index in [0.717, 1.165) is 44.4 Å². The molecule has 0 aliphatic carbocycles. The van der Waals surface area contributed by atoms with E-state index in [4.69, 9.17) is 4.74 Å². The third kappa shape index (κ3) is 5.08. The van der Waals surface area contributed by atoms with E-state index in [1.807, 2.05) is 43.4 Å². The van der Waals surface area contributed by atoms with Crippen molar-refractivity contribution in [3.05, 3.63) is 125 Å². The predicted octanol–water partition coefficient (Wildman–Crippen LogP) is 5.49. The molecule has 1 aliphatic heterocycles. The number of rotatable bonds is 7. The van der Waals surface area contributed by atoms with E-state index in [-0.39, 0.29) is 18.2 Å². The molecule has 222 valence electrons. The fourth-order valence-electron chi connectivity index (χ4n) is 6.13. The van der Waals surface area contributed by atoms with Gasteiger partial charge in [0, 0.05) is 29.1 Å². The number of carbonyl (C=O) groups excluding carboxylic acids is 3. The number of benzene rings is 4. The number of aromatic nitrogens is 1. The van der Waals surface area contributed by atoms with E-state index < -0.39 is 18.0 Å². The van der Waals surface area contributed by atoms with Crippen molar-refractivity contribution in [3.8, 4) is 17.0 Å². The average molecular weight is 587 g/mol. The third-order valence-corrected chi connectivity index (χ3v) is 8.39. The van der Waals surface area contributed by atoms with Crippen LogP contribution in [0.3, 0.4) is 0 Å². The molecule has 1 aromatic heterocycles. The number of amides is 3. The first-order chi connectivity index (χ1) is 21.3. The summed E-state index contributed by atoms with van der Waals surface area (Å²) in [6.45, 7) is 3.74. The Morgan fingerprint density at radius 3 is 2.30 bits per heavy atom. The number of hydrogen-bond donors (Lipinski definition) is 2. The molecule has 2 heterocycles. The van der Waals surface area contributed by atoms with Crippen LogP contribution in [0.25, 0.3) is 22.2 Å². The van der Waals surface area contributed by atoms with Gasteiger partial charge in [0.25, 0.3) is 11.8 Å². The molecule has 3 amide bonds. The smallest absolute Gasteiger partial charge is 0.260 e. The molecule has 8 heteroatoms. The average Bonchev–Trinajstić information content (AvgIpc) is 3.50. The van der Waals surface area contributed by atoms with Gasteiger partial charge < -0.3 is 14.2 Å². The summed E-state index contributed by atoms with van der Waals surface area (Å²) in [4.78, 5) is 41.9. The summed E-state index contributed by atoms with van der Waals surface area (Å²) in [5.74, 6) is -0.408. The van der Waals surface area contributed by atoms with Crippen LogP contribution >= 0.6 is 0 Å². The minimum Gasteiger partial charge on any atom is -0.497 e. The summed E-state index contributed by atoms with van der Waals surface area (Å²) in [5, 5.41) is 1.01. The number of hydrazine groups is 1. The molecule has 5 aromatic rings. The Hall–Kier alpha value is -5.37. The molecule has 0 bridgehead atoms. The number of aryl methyl sites for hydroxylation is 2. The third-order valence-electron chi connectivity index (χ3n) is 8.39. The molecule has 8 nitrogen and oxygen atoms in total. The van der Waals surface area contributed by atoms with Crippen molar-refractivity contribution in [2.24, 2.45) is 7.05 Å². The zero-order valence-corrected chi connectivity index (χ0v) is 25.1. The number of nitrogens with zero attached hydrogens (tertiary/aromatic N) is 2. The van der Waals surface area contributed by atoms with Gasteiger partial charge in [-0.2, -0.15) is 0 Å².